The van der Waals surface area contributed by atoms with Gasteiger partial charge in [0, 0.05) is 0 Å². The molecule has 0 unspecified atom stereocenters. The summed E-state index contributed by atoms with van der Waals surface area (Å²) in [5, 5.41) is 2.66. The van der Waals surface area contributed by atoms with Gasteiger partial charge in [0.2, 0.25) is 11.8 Å². The third kappa shape index (κ3) is 5.18. The van der Waals surface area contributed by atoms with Gasteiger partial charge in [-0.1, -0.05) is 38.1 Å². The van der Waals surface area contributed by atoms with E-state index in [2.05, 4.69) is 5.32 Å². The van der Waals surface area contributed by atoms with Crippen LogP contribution < -0.4 is 10.1 Å². The fraction of sp³-hybridized carbons (Fsp3) is 0.500. The number of hydrogen-bond acceptors (Lipinski definition) is 6. The number of anilines is 1. The molecule has 8 heteroatoms. The lowest BCUT2D eigenvalue weighted by Gasteiger charge is -2.26. The normalized spacial score (nSPS) is 20.8. The number of rotatable bonds is 9. The van der Waals surface area contributed by atoms with Gasteiger partial charge in [-0.3, -0.25) is 19.3 Å². The van der Waals surface area contributed by atoms with Crippen molar-refractivity contribution in [1.82, 2.24) is 4.90 Å². The van der Waals surface area contributed by atoms with Crippen LogP contribution in [-0.4, -0.2) is 47.8 Å². The first-order valence-electron chi connectivity index (χ1n) is 11.0. The highest BCUT2D eigenvalue weighted by molar-refractivity contribution is 6.08. The number of benzene rings is 1. The number of para-hydroxylation sites is 2. The summed E-state index contributed by atoms with van der Waals surface area (Å²) in [5.74, 6) is -2.24. The van der Waals surface area contributed by atoms with E-state index >= 15 is 0 Å². The minimum atomic E-state index is -1.04. The van der Waals surface area contributed by atoms with Gasteiger partial charge in [-0.2, -0.15) is 0 Å². The Hall–Kier alpha value is -3.16. The summed E-state index contributed by atoms with van der Waals surface area (Å²) in [6.45, 7) is 5.55. The lowest BCUT2D eigenvalue weighted by Crippen LogP contribution is -2.47. The number of allylic oxidation sites excluding steroid dienone is 2. The first kappa shape index (κ1) is 23.5. The van der Waals surface area contributed by atoms with Crippen LogP contribution in [-0.2, 0) is 23.9 Å². The average Bonchev–Trinajstić information content (AvgIpc) is 3.02. The fourth-order valence-corrected chi connectivity index (χ4v) is 4.16. The van der Waals surface area contributed by atoms with Gasteiger partial charge in [-0.25, -0.2) is 4.79 Å². The van der Waals surface area contributed by atoms with E-state index in [9.17, 15) is 19.2 Å². The number of imide groups is 1. The van der Waals surface area contributed by atoms with Crippen molar-refractivity contribution in [3.8, 4) is 5.75 Å². The van der Waals surface area contributed by atoms with E-state index in [0.717, 1.165) is 4.90 Å². The number of nitrogens with zero attached hydrogens (tertiary/aromatic N) is 1. The molecule has 0 spiro atoms. The molecule has 0 saturated carbocycles. The first-order chi connectivity index (χ1) is 15.3. The van der Waals surface area contributed by atoms with Crippen LogP contribution in [0.4, 0.5) is 5.69 Å². The molecule has 8 nitrogen and oxygen atoms in total. The summed E-state index contributed by atoms with van der Waals surface area (Å²) in [7, 11) is 0. The molecule has 1 fully saturated rings. The molecule has 32 heavy (non-hydrogen) atoms. The van der Waals surface area contributed by atoms with Crippen molar-refractivity contribution in [3.63, 3.8) is 0 Å². The van der Waals surface area contributed by atoms with Crippen LogP contribution in [0.25, 0.3) is 0 Å². The van der Waals surface area contributed by atoms with Crippen LogP contribution in [0, 0.1) is 17.8 Å². The highest BCUT2D eigenvalue weighted by atomic mass is 16.5. The predicted octanol–water partition coefficient (Wildman–Crippen LogP) is 2.93. The lowest BCUT2D eigenvalue weighted by atomic mass is 9.85. The Morgan fingerprint density at radius 2 is 1.72 bits per heavy atom. The van der Waals surface area contributed by atoms with Gasteiger partial charge in [-0.15, -0.1) is 0 Å². The third-order valence-electron chi connectivity index (χ3n) is 5.63. The van der Waals surface area contributed by atoms with Gasteiger partial charge >= 0.3 is 5.97 Å². The summed E-state index contributed by atoms with van der Waals surface area (Å²) in [4.78, 5) is 52.2. The lowest BCUT2D eigenvalue weighted by molar-refractivity contribution is -0.160. The Labute approximate surface area is 187 Å². The van der Waals surface area contributed by atoms with Crippen molar-refractivity contribution in [2.24, 2.45) is 17.8 Å². The molecule has 1 N–H and O–H groups in total. The molecule has 1 aromatic rings. The Bertz CT molecular complexity index is 884. The van der Waals surface area contributed by atoms with Crippen molar-refractivity contribution in [2.75, 3.05) is 18.5 Å². The van der Waals surface area contributed by atoms with Gasteiger partial charge in [-0.05, 0) is 44.2 Å². The van der Waals surface area contributed by atoms with Crippen molar-refractivity contribution in [1.29, 1.82) is 0 Å². The number of nitrogens with one attached hydrogen (secondary N) is 1. The summed E-state index contributed by atoms with van der Waals surface area (Å²) in [6.07, 6.45) is 5.07. The summed E-state index contributed by atoms with van der Waals surface area (Å²) in [5.41, 5.74) is 0.468. The molecule has 1 aromatic carbocycles. The molecule has 0 aromatic heterocycles. The molecule has 3 amide bonds. The quantitative estimate of drug-likeness (QED) is 0.358. The van der Waals surface area contributed by atoms with Crippen molar-refractivity contribution < 1.29 is 28.7 Å². The van der Waals surface area contributed by atoms with E-state index in [0.29, 0.717) is 30.9 Å². The second-order valence-corrected chi connectivity index (χ2v) is 8.43. The summed E-state index contributed by atoms with van der Waals surface area (Å²) >= 11 is 0. The number of fused-ring (bicyclic) bond motifs is 1. The molecule has 1 saturated heterocycles. The monoisotopic (exact) mass is 442 g/mol. The number of hydrogen-bond donors (Lipinski definition) is 1. The zero-order chi connectivity index (χ0) is 23.3. The first-order valence-corrected chi connectivity index (χ1v) is 11.0. The average molecular weight is 443 g/mol. The minimum Gasteiger partial charge on any atom is -0.492 e. The van der Waals surface area contributed by atoms with E-state index in [1.807, 2.05) is 32.9 Å². The molecule has 1 aliphatic heterocycles. The Morgan fingerprint density at radius 3 is 2.31 bits per heavy atom. The second-order valence-electron chi connectivity index (χ2n) is 8.43. The Balaban J connectivity index is 1.66. The zero-order valence-corrected chi connectivity index (χ0v) is 18.7. The van der Waals surface area contributed by atoms with E-state index in [1.54, 1.807) is 24.3 Å². The maximum absolute atomic E-state index is 12.9. The van der Waals surface area contributed by atoms with Crippen LogP contribution in [0.5, 0.6) is 5.75 Å². The number of esters is 1. The highest BCUT2D eigenvalue weighted by Gasteiger charge is 2.51. The number of likely N-dealkylation sites (tertiary alicyclic amines) is 1. The van der Waals surface area contributed by atoms with E-state index < -0.39 is 36.4 Å². The highest BCUT2D eigenvalue weighted by Crippen LogP contribution is 2.37. The maximum Gasteiger partial charge on any atom is 0.329 e. The molecule has 3 rings (SSSR count). The molecule has 3 atom stereocenters. The van der Waals surface area contributed by atoms with Crippen LogP contribution in [0.1, 0.15) is 40.0 Å². The van der Waals surface area contributed by atoms with Crippen LogP contribution >= 0.6 is 0 Å². The van der Waals surface area contributed by atoms with Crippen LogP contribution in [0.3, 0.4) is 0 Å². The maximum atomic E-state index is 12.9. The van der Waals surface area contributed by atoms with Crippen molar-refractivity contribution >= 4 is 29.4 Å². The number of carbonyl (C=O) groups is 4. The number of carbonyl (C=O) groups excluding carboxylic acids is 4. The molecule has 2 aliphatic rings. The number of amides is 3. The van der Waals surface area contributed by atoms with Gasteiger partial charge in [0.1, 0.15) is 11.8 Å². The molecule has 172 valence electrons. The Kier molecular flexibility index (Phi) is 7.66. The molecular formula is C24H30N2O6. The SMILES string of the molecule is CCOc1ccccc1NC(=O)COC(=O)[C@@H](CC(C)C)N1C(=O)[C@H]2CC=CC[C@@H]2C1=O. The van der Waals surface area contributed by atoms with E-state index in [4.69, 9.17) is 9.47 Å². The molecule has 0 radical (unpaired) electrons. The summed E-state index contributed by atoms with van der Waals surface area (Å²) in [6, 6.07) is 5.91. The largest absolute Gasteiger partial charge is 0.492 e. The molecule has 1 aliphatic carbocycles. The van der Waals surface area contributed by atoms with Gasteiger partial charge in [0.05, 0.1) is 24.1 Å². The third-order valence-corrected chi connectivity index (χ3v) is 5.63. The van der Waals surface area contributed by atoms with E-state index in [1.165, 1.54) is 0 Å². The van der Waals surface area contributed by atoms with Gasteiger partial charge in [0.15, 0.2) is 6.61 Å². The van der Waals surface area contributed by atoms with Crippen molar-refractivity contribution in [2.45, 2.75) is 46.1 Å². The smallest absolute Gasteiger partial charge is 0.329 e. The van der Waals surface area contributed by atoms with Crippen molar-refractivity contribution in [3.05, 3.63) is 36.4 Å². The van der Waals surface area contributed by atoms with Crippen LogP contribution in [0.15, 0.2) is 36.4 Å². The molecule has 0 bridgehead atoms. The van der Waals surface area contributed by atoms with Gasteiger partial charge < -0.3 is 14.8 Å². The predicted molar refractivity (Wildman–Crippen MR) is 118 cm³/mol. The minimum absolute atomic E-state index is 0.0424. The van der Waals surface area contributed by atoms with Gasteiger partial charge in [0.25, 0.3) is 5.91 Å². The van der Waals surface area contributed by atoms with E-state index in [-0.39, 0.29) is 24.2 Å². The second kappa shape index (κ2) is 10.4. The number of ether oxygens (including phenoxy) is 2. The Morgan fingerprint density at radius 1 is 1.09 bits per heavy atom. The zero-order valence-electron chi connectivity index (χ0n) is 18.7. The standard InChI is InChI=1S/C24H30N2O6/c1-4-31-20-12-8-7-11-18(20)25-21(27)14-32-24(30)19(13-15(2)3)26-22(28)16-9-5-6-10-17(16)23(26)29/h5-8,11-12,15-17,19H,4,9-10,13-14H2,1-3H3,(H,25,27)/t16-,17-,19+/m0/s1. The molecule has 1 heterocycles. The topological polar surface area (TPSA) is 102 Å². The fourth-order valence-electron chi connectivity index (χ4n) is 4.16. The summed E-state index contributed by atoms with van der Waals surface area (Å²) < 4.78 is 10.7. The van der Waals surface area contributed by atoms with Crippen LogP contribution in [0.2, 0.25) is 0 Å². The molecular weight excluding hydrogens is 412 g/mol.